The van der Waals surface area contributed by atoms with E-state index in [1.807, 2.05) is 0 Å². The summed E-state index contributed by atoms with van der Waals surface area (Å²) in [5.41, 5.74) is 0. The van der Waals surface area contributed by atoms with E-state index in [0.717, 1.165) is 0 Å². The van der Waals surface area contributed by atoms with E-state index < -0.39 is 0 Å². The maximum atomic E-state index is 0. The fraction of sp³-hybridized carbons (Fsp3) is 0. The van der Waals surface area contributed by atoms with Crippen molar-refractivity contribution in [3.8, 4) is 0 Å². The van der Waals surface area contributed by atoms with Crippen LogP contribution in [0.15, 0.2) is 0 Å². The van der Waals surface area contributed by atoms with Crippen molar-refractivity contribution in [2.45, 2.75) is 0 Å². The maximum absolute atomic E-state index is 0. The first-order valence-corrected chi connectivity index (χ1v) is 0. The summed E-state index contributed by atoms with van der Waals surface area (Å²) in [6.07, 6.45) is 0. The number of hydrogen-bond acceptors (Lipinski definition) is 0. The van der Waals surface area contributed by atoms with Crippen LogP contribution >= 0.6 is 0 Å². The van der Waals surface area contributed by atoms with E-state index in [1.54, 1.807) is 0 Å². The summed E-state index contributed by atoms with van der Waals surface area (Å²) in [5, 5.41) is 0. The van der Waals surface area contributed by atoms with Gasteiger partial charge >= 0.3 is 71.2 Å². The molecule has 0 saturated heterocycles. The van der Waals surface area contributed by atoms with Crippen LogP contribution in [-0.2, 0) is 55.4 Å². The zero-order valence-corrected chi connectivity index (χ0v) is 13.8. The first-order chi connectivity index (χ1) is 0. The Morgan fingerprint density at radius 1 is 0.429 bits per heavy atom. The maximum Gasteiger partial charge on any atom is 3.00 e. The second kappa shape index (κ2) is 55.8. The van der Waals surface area contributed by atoms with Gasteiger partial charge in [0.25, 0.3) is 0 Å². The molecule has 0 aromatic heterocycles. The summed E-state index contributed by atoms with van der Waals surface area (Å²) in [6, 6.07) is 0. The molecule has 0 amide bonds. The molecule has 0 rings (SSSR count). The molecule has 0 radical (unpaired) electrons. The van der Waals surface area contributed by atoms with Crippen molar-refractivity contribution >= 4 is 0 Å². The van der Waals surface area contributed by atoms with Crippen molar-refractivity contribution in [3.63, 3.8) is 0 Å². The second-order valence-corrected chi connectivity index (χ2v) is 0. The van der Waals surface area contributed by atoms with Crippen molar-refractivity contribution in [3.05, 3.63) is 0 Å². The summed E-state index contributed by atoms with van der Waals surface area (Å²) in [5.74, 6) is 0. The Kier molecular flexibility index (Phi) is 614. The molecule has 0 aliphatic carbocycles. The Hall–Kier alpha value is 3.52. The van der Waals surface area contributed by atoms with E-state index in [0.29, 0.717) is 0 Å². The molecule has 0 aliphatic heterocycles. The van der Waals surface area contributed by atoms with Crippen molar-refractivity contribution in [2.75, 3.05) is 0 Å². The molecule has 0 atom stereocenters. The molecule has 40 valence electrons. The largest absolute Gasteiger partial charge is 3.00 e. The van der Waals surface area contributed by atoms with Crippen molar-refractivity contribution in [1.82, 2.24) is 0 Å². The third-order valence-electron chi connectivity index (χ3n) is 0. The van der Waals surface area contributed by atoms with Crippen LogP contribution in [0.4, 0.5) is 0 Å². The van der Waals surface area contributed by atoms with Gasteiger partial charge in [-0.25, -0.2) is 0 Å². The van der Waals surface area contributed by atoms with Gasteiger partial charge in [0, 0.05) is 39.0 Å². The van der Waals surface area contributed by atoms with Crippen LogP contribution in [0.25, 0.3) is 0 Å². The zero-order valence-electron chi connectivity index (χ0n) is 3.09. The van der Waals surface area contributed by atoms with E-state index in [9.17, 15) is 0 Å². The number of hydrogen-bond donors (Lipinski definition) is 0. The molecule has 0 unspecified atom stereocenters. The smallest absolute Gasteiger partial charge is 2.00 e. The Labute approximate surface area is 124 Å². The molecule has 0 saturated carbocycles. The van der Waals surface area contributed by atoms with Crippen LogP contribution in [-0.4, -0.2) is 0 Å². The molecular formula is La2O3Ru2. The third-order valence-corrected chi connectivity index (χ3v) is 0. The quantitative estimate of drug-likeness (QED) is 0.385. The first-order valence-electron chi connectivity index (χ1n) is 0. The summed E-state index contributed by atoms with van der Waals surface area (Å²) in [4.78, 5) is 0. The number of rotatable bonds is 0. The standard InChI is InChI=1S/2La.3O.2Ru/q2*+3;3*-2;;. The van der Waals surface area contributed by atoms with Crippen LogP contribution < -0.4 is 0 Å². The van der Waals surface area contributed by atoms with E-state index in [1.165, 1.54) is 0 Å². The Bertz CT molecular complexity index is 10.9. The minimum absolute atomic E-state index is 0. The van der Waals surface area contributed by atoms with E-state index >= 15 is 0 Å². The molecule has 0 spiro atoms. The monoisotopic (exact) mass is 530 g/mol. The minimum atomic E-state index is 0. The molecule has 3 nitrogen and oxygen atoms in total. The molecule has 0 aliphatic rings. The normalized spacial score (nSPS) is 0. The van der Waals surface area contributed by atoms with Gasteiger partial charge in [-0.05, 0) is 0 Å². The van der Waals surface area contributed by atoms with Crippen LogP contribution in [0.5, 0.6) is 0 Å². The van der Waals surface area contributed by atoms with Gasteiger partial charge < -0.3 is 16.4 Å². The Morgan fingerprint density at radius 3 is 0.429 bits per heavy atom. The van der Waals surface area contributed by atoms with Crippen molar-refractivity contribution < 1.29 is 127 Å². The summed E-state index contributed by atoms with van der Waals surface area (Å²) < 4.78 is 0. The minimum Gasteiger partial charge on any atom is -2.00 e. The van der Waals surface area contributed by atoms with Gasteiger partial charge in [-0.15, -0.1) is 0 Å². The molecule has 0 aromatic carbocycles. The molecule has 0 aromatic rings. The molecule has 0 N–H and O–H groups in total. The van der Waals surface area contributed by atoms with E-state index in [4.69, 9.17) is 0 Å². The molecule has 0 bridgehead atoms. The third kappa shape index (κ3) is 43.5. The molecule has 0 heterocycles. The van der Waals surface area contributed by atoms with Gasteiger partial charge in [-0.1, -0.05) is 0 Å². The Balaban J connectivity index is 0. The molecule has 7 heavy (non-hydrogen) atoms. The average Bonchev–Trinajstić information content (AvgIpc) is 0. The predicted octanol–water partition coefficient (Wildman–Crippen LogP) is -0.361. The predicted molar refractivity (Wildman–Crippen MR) is 2.06 cm³/mol. The van der Waals surface area contributed by atoms with Gasteiger partial charge in [0.15, 0.2) is 0 Å². The fourth-order valence-electron chi connectivity index (χ4n) is 0. The van der Waals surface area contributed by atoms with E-state index in [2.05, 4.69) is 0 Å². The molecule has 7 heteroatoms. The topological polar surface area (TPSA) is 85.5 Å². The summed E-state index contributed by atoms with van der Waals surface area (Å²) >= 11 is 0. The SMILES string of the molecule is [La+3].[La+3].[O-2].[O-2].[O-2].[Ru].[Ru]. The second-order valence-electron chi connectivity index (χ2n) is 0. The summed E-state index contributed by atoms with van der Waals surface area (Å²) in [6.45, 7) is 0. The Morgan fingerprint density at radius 2 is 0.429 bits per heavy atom. The molecule has 0 fully saturated rings. The van der Waals surface area contributed by atoms with Gasteiger partial charge in [-0.2, -0.15) is 0 Å². The van der Waals surface area contributed by atoms with Gasteiger partial charge in [0.1, 0.15) is 0 Å². The van der Waals surface area contributed by atoms with Gasteiger partial charge in [0.2, 0.25) is 0 Å². The van der Waals surface area contributed by atoms with Crippen LogP contribution in [0, 0.1) is 71.2 Å². The zero-order chi connectivity index (χ0) is 0. The fourth-order valence-corrected chi connectivity index (χ4v) is 0. The van der Waals surface area contributed by atoms with E-state index in [-0.39, 0.29) is 127 Å². The van der Waals surface area contributed by atoms with Gasteiger partial charge in [0.05, 0.1) is 0 Å². The molecular weight excluding hydrogens is 528 g/mol. The first kappa shape index (κ1) is 77.0. The average molecular weight is 528 g/mol. The van der Waals surface area contributed by atoms with Crippen LogP contribution in [0.1, 0.15) is 0 Å². The summed E-state index contributed by atoms with van der Waals surface area (Å²) in [7, 11) is 0. The van der Waals surface area contributed by atoms with Gasteiger partial charge in [-0.3, -0.25) is 0 Å². The van der Waals surface area contributed by atoms with Crippen molar-refractivity contribution in [2.24, 2.45) is 0 Å². The van der Waals surface area contributed by atoms with Crippen LogP contribution in [0.3, 0.4) is 0 Å². The van der Waals surface area contributed by atoms with Crippen molar-refractivity contribution in [1.29, 1.82) is 0 Å². The van der Waals surface area contributed by atoms with Crippen LogP contribution in [0.2, 0.25) is 0 Å².